The highest BCUT2D eigenvalue weighted by Crippen LogP contribution is 2.23. The normalized spacial score (nSPS) is 10.4. The van der Waals surface area contributed by atoms with Gasteiger partial charge in [0.1, 0.15) is 17.9 Å². The summed E-state index contributed by atoms with van der Waals surface area (Å²) >= 11 is 0. The van der Waals surface area contributed by atoms with Crippen molar-refractivity contribution in [2.45, 2.75) is 32.5 Å². The van der Waals surface area contributed by atoms with Gasteiger partial charge in [-0.2, -0.15) is 0 Å². The molecule has 3 rings (SSSR count). The van der Waals surface area contributed by atoms with Gasteiger partial charge in [-0.15, -0.1) is 0 Å². The van der Waals surface area contributed by atoms with Crippen LogP contribution in [0.15, 0.2) is 73.2 Å². The molecule has 0 saturated heterocycles. The molecule has 156 valence electrons. The highest BCUT2D eigenvalue weighted by molar-refractivity contribution is 6.08. The number of anilines is 2. The van der Waals surface area contributed by atoms with Crippen molar-refractivity contribution < 1.29 is 9.53 Å². The van der Waals surface area contributed by atoms with Crippen molar-refractivity contribution in [3.8, 4) is 11.6 Å². The first-order chi connectivity index (χ1) is 15.1. The number of carbonyl (C=O) groups is 1. The Bertz CT molecular complexity index is 1040. The van der Waals surface area contributed by atoms with E-state index in [2.05, 4.69) is 39.3 Å². The molecule has 0 fully saturated rings. The van der Waals surface area contributed by atoms with Crippen molar-refractivity contribution in [1.29, 1.82) is 0 Å². The van der Waals surface area contributed by atoms with Gasteiger partial charge in [0.05, 0.1) is 7.85 Å². The van der Waals surface area contributed by atoms with Crippen LogP contribution in [0, 0.1) is 0 Å². The minimum atomic E-state index is -0.0856. The second kappa shape index (κ2) is 11.0. The van der Waals surface area contributed by atoms with E-state index in [-0.39, 0.29) is 5.91 Å². The molecule has 0 bridgehead atoms. The van der Waals surface area contributed by atoms with Gasteiger partial charge in [0.15, 0.2) is 0 Å². The van der Waals surface area contributed by atoms with Crippen molar-refractivity contribution in [3.63, 3.8) is 0 Å². The lowest BCUT2D eigenvalue weighted by Crippen LogP contribution is -2.11. The highest BCUT2D eigenvalue weighted by Gasteiger charge is 2.06. The maximum Gasteiger partial charge on any atom is 0.225 e. The predicted octanol–water partition coefficient (Wildman–Crippen LogP) is 4.84. The molecule has 0 aliphatic rings. The zero-order valence-corrected chi connectivity index (χ0v) is 17.6. The quantitative estimate of drug-likeness (QED) is 0.466. The molecular formula is C24H25BN4O2. The summed E-state index contributed by atoms with van der Waals surface area (Å²) in [5, 5.41) is 6.04. The molecule has 0 unspecified atom stereocenters. The summed E-state index contributed by atoms with van der Waals surface area (Å²) in [6, 6.07) is 17.2. The van der Waals surface area contributed by atoms with Crippen molar-refractivity contribution in [1.82, 2.24) is 9.97 Å². The standard InChI is InChI=1S/C24H25BN4O2/c1-3-5-23(30)29-22-14-24(27-16-26-22)31-21-10-8-20(9-11-21)28-17(2)12-18-6-4-7-19(13-18)15-25/h4,6-11,13-14,16,28H,2-3,5,12,15H2,1H3,(H,26,27,29,30). The summed E-state index contributed by atoms with van der Waals surface area (Å²) in [7, 11) is 5.71. The van der Waals surface area contributed by atoms with Crippen LogP contribution in [0.3, 0.4) is 0 Å². The van der Waals surface area contributed by atoms with Gasteiger partial charge in [-0.05, 0) is 36.2 Å². The van der Waals surface area contributed by atoms with E-state index in [4.69, 9.17) is 12.6 Å². The number of carbonyl (C=O) groups excluding carboxylic acids is 1. The van der Waals surface area contributed by atoms with Crippen LogP contribution in [-0.2, 0) is 17.5 Å². The maximum absolute atomic E-state index is 11.7. The Kier molecular flexibility index (Phi) is 7.82. The molecule has 1 heterocycles. The molecular weight excluding hydrogens is 387 g/mol. The number of hydrogen-bond donors (Lipinski definition) is 2. The Morgan fingerprint density at radius 2 is 1.84 bits per heavy atom. The Hall–Kier alpha value is -3.61. The lowest BCUT2D eigenvalue weighted by Gasteiger charge is -2.12. The third-order valence-corrected chi connectivity index (χ3v) is 4.43. The van der Waals surface area contributed by atoms with E-state index in [1.54, 1.807) is 6.07 Å². The third-order valence-electron chi connectivity index (χ3n) is 4.43. The fourth-order valence-corrected chi connectivity index (χ4v) is 2.98. The topological polar surface area (TPSA) is 76.1 Å². The fraction of sp³-hybridized carbons (Fsp3) is 0.208. The van der Waals surface area contributed by atoms with Gasteiger partial charge < -0.3 is 15.4 Å². The number of rotatable bonds is 10. The average Bonchev–Trinajstić information content (AvgIpc) is 2.75. The zero-order valence-electron chi connectivity index (χ0n) is 17.6. The van der Waals surface area contributed by atoms with E-state index in [0.29, 0.717) is 36.6 Å². The number of hydrogen-bond acceptors (Lipinski definition) is 5. The minimum Gasteiger partial charge on any atom is -0.439 e. The second-order valence-corrected chi connectivity index (χ2v) is 7.10. The number of aromatic nitrogens is 2. The lowest BCUT2D eigenvalue weighted by atomic mass is 9.95. The molecule has 0 spiro atoms. The first-order valence-corrected chi connectivity index (χ1v) is 10.2. The second-order valence-electron chi connectivity index (χ2n) is 7.10. The molecule has 0 aliphatic carbocycles. The number of ether oxygens (including phenoxy) is 1. The minimum absolute atomic E-state index is 0.0856. The van der Waals surface area contributed by atoms with Crippen LogP contribution in [0.1, 0.15) is 30.9 Å². The molecule has 7 heteroatoms. The molecule has 0 aliphatic heterocycles. The maximum atomic E-state index is 11.7. The summed E-state index contributed by atoms with van der Waals surface area (Å²) < 4.78 is 5.78. The molecule has 0 atom stereocenters. The van der Waals surface area contributed by atoms with E-state index >= 15 is 0 Å². The van der Waals surface area contributed by atoms with E-state index in [0.717, 1.165) is 28.9 Å². The van der Waals surface area contributed by atoms with Crippen molar-refractivity contribution in [2.75, 3.05) is 10.6 Å². The summed E-state index contributed by atoms with van der Waals surface area (Å²) in [6.45, 7) is 6.06. The van der Waals surface area contributed by atoms with E-state index in [1.807, 2.05) is 43.3 Å². The van der Waals surface area contributed by atoms with Gasteiger partial charge in [0.25, 0.3) is 0 Å². The number of nitrogens with zero attached hydrogens (tertiary/aromatic N) is 2. The zero-order chi connectivity index (χ0) is 22.1. The molecule has 31 heavy (non-hydrogen) atoms. The number of benzene rings is 2. The first kappa shape index (κ1) is 22.1. The molecule has 6 nitrogen and oxygen atoms in total. The van der Waals surface area contributed by atoms with Crippen LogP contribution in [0.25, 0.3) is 0 Å². The summed E-state index contributed by atoms with van der Waals surface area (Å²) in [6.07, 6.45) is 3.80. The number of allylic oxidation sites excluding steroid dienone is 1. The van der Waals surface area contributed by atoms with Crippen LogP contribution in [0.4, 0.5) is 11.5 Å². The van der Waals surface area contributed by atoms with Gasteiger partial charge in [0, 0.05) is 30.3 Å². The van der Waals surface area contributed by atoms with Gasteiger partial charge in [0.2, 0.25) is 11.8 Å². The van der Waals surface area contributed by atoms with Gasteiger partial charge in [-0.25, -0.2) is 9.97 Å². The summed E-state index contributed by atoms with van der Waals surface area (Å²) in [5.41, 5.74) is 4.05. The Balaban J connectivity index is 1.56. The molecule has 1 aromatic heterocycles. The van der Waals surface area contributed by atoms with Gasteiger partial charge in [-0.3, -0.25) is 4.79 Å². The molecule has 2 N–H and O–H groups in total. The highest BCUT2D eigenvalue weighted by atomic mass is 16.5. The Morgan fingerprint density at radius 3 is 2.58 bits per heavy atom. The largest absolute Gasteiger partial charge is 0.439 e. The van der Waals surface area contributed by atoms with E-state index in [9.17, 15) is 4.79 Å². The monoisotopic (exact) mass is 412 g/mol. The third kappa shape index (κ3) is 6.99. The van der Waals surface area contributed by atoms with Crippen LogP contribution in [0.2, 0.25) is 0 Å². The first-order valence-electron chi connectivity index (χ1n) is 10.2. The van der Waals surface area contributed by atoms with Crippen molar-refractivity contribution >= 4 is 25.3 Å². The Labute approximate surface area is 184 Å². The van der Waals surface area contributed by atoms with Crippen molar-refractivity contribution in [2.24, 2.45) is 0 Å². The molecule has 3 aromatic rings. The van der Waals surface area contributed by atoms with Crippen LogP contribution in [-0.4, -0.2) is 23.7 Å². The van der Waals surface area contributed by atoms with Crippen LogP contribution < -0.4 is 15.4 Å². The van der Waals surface area contributed by atoms with Crippen LogP contribution in [0.5, 0.6) is 11.6 Å². The number of nitrogens with one attached hydrogen (secondary N) is 2. The fourth-order valence-electron chi connectivity index (χ4n) is 2.98. The SMILES string of the molecule is [B]Cc1cccc(CC(=C)Nc2ccc(Oc3cc(NC(=O)CCC)ncn3)cc2)c1. The van der Waals surface area contributed by atoms with Crippen LogP contribution >= 0.6 is 0 Å². The van der Waals surface area contributed by atoms with E-state index in [1.165, 1.54) is 6.33 Å². The molecule has 2 radical (unpaired) electrons. The van der Waals surface area contributed by atoms with E-state index < -0.39 is 0 Å². The number of amides is 1. The van der Waals surface area contributed by atoms with Gasteiger partial charge in [-0.1, -0.05) is 49.7 Å². The molecule has 2 aromatic carbocycles. The van der Waals surface area contributed by atoms with Crippen molar-refractivity contribution in [3.05, 3.63) is 84.3 Å². The average molecular weight is 412 g/mol. The molecule has 0 saturated carbocycles. The predicted molar refractivity (Wildman–Crippen MR) is 124 cm³/mol. The smallest absolute Gasteiger partial charge is 0.225 e. The molecule has 1 amide bonds. The Morgan fingerprint density at radius 1 is 1.06 bits per heavy atom. The van der Waals surface area contributed by atoms with Gasteiger partial charge >= 0.3 is 0 Å². The summed E-state index contributed by atoms with van der Waals surface area (Å²) in [4.78, 5) is 19.9. The lowest BCUT2D eigenvalue weighted by molar-refractivity contribution is -0.116. The summed E-state index contributed by atoms with van der Waals surface area (Å²) in [5.74, 6) is 1.30.